The highest BCUT2D eigenvalue weighted by Crippen LogP contribution is 2.30. The number of aryl methyl sites for hydroxylation is 1. The molecule has 1 fully saturated rings. The molecule has 18 heavy (non-hydrogen) atoms. The monoisotopic (exact) mass is 249 g/mol. The van der Waals surface area contributed by atoms with E-state index in [1.165, 1.54) is 0 Å². The minimum absolute atomic E-state index is 0.166. The lowest BCUT2D eigenvalue weighted by molar-refractivity contribution is 0.0463. The van der Waals surface area contributed by atoms with Crippen molar-refractivity contribution in [3.8, 4) is 0 Å². The summed E-state index contributed by atoms with van der Waals surface area (Å²) in [5.74, 6) is -0.429. The van der Waals surface area contributed by atoms with Crippen LogP contribution in [-0.4, -0.2) is 35.9 Å². The van der Waals surface area contributed by atoms with Crippen molar-refractivity contribution in [2.24, 2.45) is 5.92 Å². The lowest BCUT2D eigenvalue weighted by Gasteiger charge is -2.35. The molecule has 0 radical (unpaired) electrons. The quantitative estimate of drug-likeness (QED) is 0.855. The van der Waals surface area contributed by atoms with Crippen molar-refractivity contribution < 1.29 is 15.0 Å². The molecular weight excluding hydrogens is 230 g/mol. The van der Waals surface area contributed by atoms with E-state index in [1.807, 2.05) is 31.0 Å². The van der Waals surface area contributed by atoms with Crippen LogP contribution in [0.3, 0.4) is 0 Å². The Bertz CT molecular complexity index is 452. The average Bonchev–Trinajstić information content (AvgIpc) is 2.26. The van der Waals surface area contributed by atoms with Crippen LogP contribution in [0.1, 0.15) is 28.8 Å². The van der Waals surface area contributed by atoms with Gasteiger partial charge in [-0.15, -0.1) is 0 Å². The van der Waals surface area contributed by atoms with Gasteiger partial charge in [-0.1, -0.05) is 11.6 Å². The molecule has 0 aliphatic heterocycles. The number of hydrogen-bond acceptors (Lipinski definition) is 3. The number of benzene rings is 1. The number of hydrogen-bond donors (Lipinski definition) is 2. The smallest absolute Gasteiger partial charge is 0.337 e. The zero-order valence-corrected chi connectivity index (χ0v) is 10.8. The predicted molar refractivity (Wildman–Crippen MR) is 70.1 cm³/mol. The molecule has 1 saturated carbocycles. The molecule has 1 aromatic carbocycles. The van der Waals surface area contributed by atoms with Gasteiger partial charge in [0.25, 0.3) is 0 Å². The molecule has 0 atom stereocenters. The van der Waals surface area contributed by atoms with Gasteiger partial charge in [-0.25, -0.2) is 4.79 Å². The van der Waals surface area contributed by atoms with E-state index in [2.05, 4.69) is 0 Å². The Morgan fingerprint density at radius 3 is 2.67 bits per heavy atom. The van der Waals surface area contributed by atoms with Gasteiger partial charge >= 0.3 is 5.97 Å². The van der Waals surface area contributed by atoms with Crippen molar-refractivity contribution in [2.45, 2.75) is 25.9 Å². The molecule has 0 spiro atoms. The molecule has 0 saturated heterocycles. The first-order valence-electron chi connectivity index (χ1n) is 6.20. The Labute approximate surface area is 107 Å². The molecule has 1 aliphatic rings. The van der Waals surface area contributed by atoms with Gasteiger partial charge in [-0.05, 0) is 37.8 Å². The minimum atomic E-state index is -0.894. The van der Waals surface area contributed by atoms with Crippen molar-refractivity contribution in [1.82, 2.24) is 0 Å². The Kier molecular flexibility index (Phi) is 3.57. The van der Waals surface area contributed by atoms with Gasteiger partial charge in [0.15, 0.2) is 0 Å². The van der Waals surface area contributed by atoms with Crippen molar-refractivity contribution in [3.05, 3.63) is 29.3 Å². The van der Waals surface area contributed by atoms with E-state index in [0.29, 0.717) is 11.5 Å². The molecule has 1 aromatic rings. The van der Waals surface area contributed by atoms with Crippen LogP contribution in [0.2, 0.25) is 0 Å². The van der Waals surface area contributed by atoms with Crippen molar-refractivity contribution in [3.63, 3.8) is 0 Å². The van der Waals surface area contributed by atoms with Crippen LogP contribution in [0.15, 0.2) is 18.2 Å². The van der Waals surface area contributed by atoms with Crippen LogP contribution < -0.4 is 4.90 Å². The van der Waals surface area contributed by atoms with Gasteiger partial charge in [0.1, 0.15) is 0 Å². The lowest BCUT2D eigenvalue weighted by Crippen LogP contribution is -2.37. The van der Waals surface area contributed by atoms with Crippen molar-refractivity contribution in [1.29, 1.82) is 0 Å². The molecule has 98 valence electrons. The average molecular weight is 249 g/mol. The molecule has 0 unspecified atom stereocenters. The Balaban J connectivity index is 2.13. The molecule has 1 aliphatic carbocycles. The van der Waals surface area contributed by atoms with E-state index in [0.717, 1.165) is 30.6 Å². The Morgan fingerprint density at radius 2 is 2.11 bits per heavy atom. The first kappa shape index (κ1) is 12.9. The molecule has 0 aromatic heterocycles. The lowest BCUT2D eigenvalue weighted by atomic mass is 9.82. The maximum absolute atomic E-state index is 11.2. The molecule has 2 rings (SSSR count). The van der Waals surface area contributed by atoms with Gasteiger partial charge in [-0.3, -0.25) is 0 Å². The number of rotatable bonds is 4. The summed E-state index contributed by atoms with van der Waals surface area (Å²) < 4.78 is 0. The third kappa shape index (κ3) is 2.64. The van der Waals surface area contributed by atoms with Crippen LogP contribution in [-0.2, 0) is 0 Å². The number of aliphatic hydroxyl groups is 1. The summed E-state index contributed by atoms with van der Waals surface area (Å²) in [5.41, 5.74) is 2.04. The van der Waals surface area contributed by atoms with Gasteiger partial charge in [0, 0.05) is 13.6 Å². The number of nitrogens with zero attached hydrogens (tertiary/aromatic N) is 1. The van der Waals surface area contributed by atoms with E-state index in [1.54, 1.807) is 6.07 Å². The number of anilines is 1. The summed E-state index contributed by atoms with van der Waals surface area (Å²) in [6, 6.07) is 5.48. The number of carboxylic acids is 1. The second kappa shape index (κ2) is 4.98. The van der Waals surface area contributed by atoms with E-state index < -0.39 is 5.97 Å². The molecular formula is C14H19NO3. The van der Waals surface area contributed by atoms with Crippen LogP contribution in [0, 0.1) is 12.8 Å². The summed E-state index contributed by atoms with van der Waals surface area (Å²) in [6.45, 7) is 2.68. The van der Waals surface area contributed by atoms with Crippen LogP contribution in [0.25, 0.3) is 0 Å². The SMILES string of the molecule is Cc1ccc(N(C)CC2CC(O)C2)c(C(=O)O)c1. The standard InChI is InChI=1S/C14H19NO3/c1-9-3-4-13(12(5-9)14(17)18)15(2)8-10-6-11(16)7-10/h3-5,10-11,16H,6-8H2,1-2H3,(H,17,18). The van der Waals surface area contributed by atoms with Crippen LogP contribution in [0.4, 0.5) is 5.69 Å². The third-order valence-corrected chi connectivity index (χ3v) is 3.54. The number of aromatic carboxylic acids is 1. The van der Waals surface area contributed by atoms with Crippen molar-refractivity contribution >= 4 is 11.7 Å². The highest BCUT2D eigenvalue weighted by Gasteiger charge is 2.28. The molecule has 0 amide bonds. The van der Waals surface area contributed by atoms with E-state index in [-0.39, 0.29) is 6.10 Å². The fraction of sp³-hybridized carbons (Fsp3) is 0.500. The Hall–Kier alpha value is -1.55. The fourth-order valence-electron chi connectivity index (χ4n) is 2.49. The molecule has 0 bridgehead atoms. The summed E-state index contributed by atoms with van der Waals surface area (Å²) in [5, 5.41) is 18.5. The summed E-state index contributed by atoms with van der Waals surface area (Å²) in [6.07, 6.45) is 1.47. The third-order valence-electron chi connectivity index (χ3n) is 3.54. The zero-order valence-electron chi connectivity index (χ0n) is 10.8. The van der Waals surface area contributed by atoms with Crippen molar-refractivity contribution in [2.75, 3.05) is 18.5 Å². The van der Waals surface area contributed by atoms with Gasteiger partial charge in [-0.2, -0.15) is 0 Å². The first-order valence-corrected chi connectivity index (χ1v) is 6.20. The topological polar surface area (TPSA) is 60.8 Å². The van der Waals surface area contributed by atoms with E-state index in [4.69, 9.17) is 0 Å². The number of aliphatic hydroxyl groups excluding tert-OH is 1. The predicted octanol–water partition coefficient (Wildman–Crippen LogP) is 1.90. The van der Waals surface area contributed by atoms with Gasteiger partial charge < -0.3 is 15.1 Å². The largest absolute Gasteiger partial charge is 0.478 e. The zero-order chi connectivity index (χ0) is 13.3. The first-order chi connectivity index (χ1) is 8.47. The van der Waals surface area contributed by atoms with Gasteiger partial charge in [0.2, 0.25) is 0 Å². The molecule has 4 heteroatoms. The highest BCUT2D eigenvalue weighted by atomic mass is 16.4. The second-order valence-corrected chi connectivity index (χ2v) is 5.20. The fourth-order valence-corrected chi connectivity index (χ4v) is 2.49. The number of carboxylic acid groups (broad SMARTS) is 1. The number of carbonyl (C=O) groups is 1. The molecule has 4 nitrogen and oxygen atoms in total. The van der Waals surface area contributed by atoms with Crippen LogP contribution >= 0.6 is 0 Å². The molecule has 2 N–H and O–H groups in total. The summed E-state index contributed by atoms with van der Waals surface area (Å²) >= 11 is 0. The van der Waals surface area contributed by atoms with E-state index in [9.17, 15) is 15.0 Å². The maximum atomic E-state index is 11.2. The Morgan fingerprint density at radius 1 is 1.44 bits per heavy atom. The van der Waals surface area contributed by atoms with Crippen LogP contribution in [0.5, 0.6) is 0 Å². The van der Waals surface area contributed by atoms with E-state index >= 15 is 0 Å². The molecule has 0 heterocycles. The minimum Gasteiger partial charge on any atom is -0.478 e. The summed E-state index contributed by atoms with van der Waals surface area (Å²) in [4.78, 5) is 13.2. The normalized spacial score (nSPS) is 22.4. The summed E-state index contributed by atoms with van der Waals surface area (Å²) in [7, 11) is 1.90. The highest BCUT2D eigenvalue weighted by molar-refractivity contribution is 5.94. The van der Waals surface area contributed by atoms with Gasteiger partial charge in [0.05, 0.1) is 17.4 Å². The second-order valence-electron chi connectivity index (χ2n) is 5.20. The maximum Gasteiger partial charge on any atom is 0.337 e.